The maximum Gasteiger partial charge on any atom is 0.166 e. The van der Waals surface area contributed by atoms with E-state index in [9.17, 15) is 8.78 Å². The zero-order valence-corrected chi connectivity index (χ0v) is 15.7. The van der Waals surface area contributed by atoms with Crippen LogP contribution in [0.5, 0.6) is 0 Å². The first-order valence-electron chi connectivity index (χ1n) is 8.45. The minimum atomic E-state index is -0.946. The summed E-state index contributed by atoms with van der Waals surface area (Å²) in [5, 5.41) is 0.277. The van der Waals surface area contributed by atoms with Crippen molar-refractivity contribution in [2.75, 3.05) is 0 Å². The summed E-state index contributed by atoms with van der Waals surface area (Å²) >= 11 is 6.22. The number of rotatable bonds is 2. The summed E-state index contributed by atoms with van der Waals surface area (Å²) in [6, 6.07) is 18.8. The zero-order chi connectivity index (χ0) is 19.4. The second-order valence-electron chi connectivity index (χ2n) is 6.30. The van der Waals surface area contributed by atoms with Gasteiger partial charge < -0.3 is 0 Å². The third-order valence-electron chi connectivity index (χ3n) is 4.11. The molecule has 0 radical (unpaired) electrons. The first-order valence-corrected chi connectivity index (χ1v) is 8.83. The predicted octanol–water partition coefficient (Wildman–Crippen LogP) is 7.12. The van der Waals surface area contributed by atoms with Crippen molar-refractivity contribution in [2.24, 2.45) is 0 Å². The van der Waals surface area contributed by atoms with Gasteiger partial charge in [0.25, 0.3) is 0 Å². The predicted molar refractivity (Wildman–Crippen MR) is 109 cm³/mol. The SMILES string of the molecule is Cc1ccc(C#Cc2ccc(/C(F)=C(\F)c3ccc(C)cc3)cc2Cl)cc1. The van der Waals surface area contributed by atoms with E-state index in [4.69, 9.17) is 11.6 Å². The Labute approximate surface area is 163 Å². The van der Waals surface area contributed by atoms with Crippen molar-refractivity contribution in [2.45, 2.75) is 13.8 Å². The highest BCUT2D eigenvalue weighted by molar-refractivity contribution is 6.32. The molecule has 3 aromatic rings. The van der Waals surface area contributed by atoms with Gasteiger partial charge in [0.05, 0.1) is 5.02 Å². The molecule has 27 heavy (non-hydrogen) atoms. The van der Waals surface area contributed by atoms with E-state index in [0.717, 1.165) is 16.7 Å². The molecule has 0 aliphatic carbocycles. The Morgan fingerprint density at radius 1 is 0.704 bits per heavy atom. The van der Waals surface area contributed by atoms with E-state index < -0.39 is 11.7 Å². The van der Waals surface area contributed by atoms with Gasteiger partial charge in [0.1, 0.15) is 0 Å². The maximum absolute atomic E-state index is 14.5. The molecule has 0 aromatic heterocycles. The molecular weight excluding hydrogens is 362 g/mol. The molecule has 0 aliphatic rings. The van der Waals surface area contributed by atoms with Crippen LogP contribution in [0.25, 0.3) is 11.7 Å². The third-order valence-corrected chi connectivity index (χ3v) is 4.43. The molecule has 0 N–H and O–H groups in total. The molecule has 3 rings (SSSR count). The molecule has 3 aromatic carbocycles. The normalized spacial score (nSPS) is 11.4. The van der Waals surface area contributed by atoms with Gasteiger partial charge in [-0.1, -0.05) is 77.0 Å². The van der Waals surface area contributed by atoms with Crippen LogP contribution in [0.3, 0.4) is 0 Å². The maximum atomic E-state index is 14.5. The van der Waals surface area contributed by atoms with E-state index in [0.29, 0.717) is 5.56 Å². The van der Waals surface area contributed by atoms with Crippen molar-refractivity contribution in [1.82, 2.24) is 0 Å². The first kappa shape index (κ1) is 18.9. The van der Waals surface area contributed by atoms with Crippen LogP contribution in [0, 0.1) is 25.7 Å². The Kier molecular flexibility index (Phi) is 5.74. The van der Waals surface area contributed by atoms with Crippen LogP contribution in [0.1, 0.15) is 33.4 Å². The molecule has 3 heteroatoms. The number of hydrogen-bond acceptors (Lipinski definition) is 0. The van der Waals surface area contributed by atoms with Crippen molar-refractivity contribution in [3.63, 3.8) is 0 Å². The van der Waals surface area contributed by atoms with Crippen molar-refractivity contribution < 1.29 is 8.78 Å². The van der Waals surface area contributed by atoms with E-state index in [-0.39, 0.29) is 16.1 Å². The van der Waals surface area contributed by atoms with Gasteiger partial charge in [-0.15, -0.1) is 0 Å². The Morgan fingerprint density at radius 2 is 1.22 bits per heavy atom. The lowest BCUT2D eigenvalue weighted by Gasteiger charge is -2.04. The molecule has 0 nitrogen and oxygen atoms in total. The molecule has 0 bridgehead atoms. The highest BCUT2D eigenvalue weighted by Gasteiger charge is 2.12. The molecular formula is C24H17ClF2. The second kappa shape index (κ2) is 8.20. The summed E-state index contributed by atoms with van der Waals surface area (Å²) in [4.78, 5) is 0. The molecule has 0 unspecified atom stereocenters. The van der Waals surface area contributed by atoms with Crippen LogP contribution in [0.15, 0.2) is 66.7 Å². The van der Waals surface area contributed by atoms with Gasteiger partial charge in [-0.05, 0) is 38.1 Å². The van der Waals surface area contributed by atoms with Gasteiger partial charge in [0, 0.05) is 22.3 Å². The van der Waals surface area contributed by atoms with E-state index >= 15 is 0 Å². The molecule has 0 saturated carbocycles. The van der Waals surface area contributed by atoms with Crippen LogP contribution in [0.2, 0.25) is 5.02 Å². The Morgan fingerprint density at radius 3 is 1.81 bits per heavy atom. The summed E-state index contributed by atoms with van der Waals surface area (Å²) in [7, 11) is 0. The number of halogens is 3. The molecule has 0 heterocycles. The number of aryl methyl sites for hydroxylation is 2. The van der Waals surface area contributed by atoms with Crippen molar-refractivity contribution >= 4 is 23.3 Å². The van der Waals surface area contributed by atoms with E-state index in [1.807, 2.05) is 38.1 Å². The average molecular weight is 379 g/mol. The monoisotopic (exact) mass is 378 g/mol. The smallest absolute Gasteiger partial charge is 0.166 e. The highest BCUT2D eigenvalue weighted by atomic mass is 35.5. The summed E-state index contributed by atoms with van der Waals surface area (Å²) in [6.45, 7) is 3.89. The Hall–Kier alpha value is -2.89. The lowest BCUT2D eigenvalue weighted by Crippen LogP contribution is -1.87. The standard InChI is InChI=1S/C24H17ClF2/c1-16-3-7-18(8-4-16)9-12-19-13-14-21(15-22(19)25)24(27)23(26)20-10-5-17(2)6-11-20/h3-8,10-11,13-15H,1-2H3/b24-23+. The van der Waals surface area contributed by atoms with Crippen LogP contribution in [-0.2, 0) is 0 Å². The van der Waals surface area contributed by atoms with Gasteiger partial charge in [-0.25, -0.2) is 8.78 Å². The fourth-order valence-corrected chi connectivity index (χ4v) is 2.71. The molecule has 0 amide bonds. The number of benzene rings is 3. The quantitative estimate of drug-likeness (QED) is 0.329. The summed E-state index contributed by atoms with van der Waals surface area (Å²) in [5.41, 5.74) is 3.82. The lowest BCUT2D eigenvalue weighted by molar-refractivity contribution is 0.700. The minimum absolute atomic E-state index is 0.0824. The van der Waals surface area contributed by atoms with Crippen molar-refractivity contribution in [3.8, 4) is 11.8 Å². The fraction of sp³-hybridized carbons (Fsp3) is 0.0833. The topological polar surface area (TPSA) is 0 Å². The van der Waals surface area contributed by atoms with Crippen molar-refractivity contribution in [1.29, 1.82) is 0 Å². The third kappa shape index (κ3) is 4.64. The first-order chi connectivity index (χ1) is 12.9. The molecule has 0 atom stereocenters. The van der Waals surface area contributed by atoms with Gasteiger partial charge in [-0.3, -0.25) is 0 Å². The molecule has 0 spiro atoms. The Bertz CT molecular complexity index is 1050. The Balaban J connectivity index is 1.89. The average Bonchev–Trinajstić information content (AvgIpc) is 2.67. The highest BCUT2D eigenvalue weighted by Crippen LogP contribution is 2.31. The van der Waals surface area contributed by atoms with Gasteiger partial charge >= 0.3 is 0 Å². The van der Waals surface area contributed by atoms with E-state index in [1.54, 1.807) is 30.3 Å². The largest absolute Gasteiger partial charge is 0.203 e. The van der Waals surface area contributed by atoms with Crippen LogP contribution in [0.4, 0.5) is 8.78 Å². The molecule has 0 saturated heterocycles. The van der Waals surface area contributed by atoms with Crippen LogP contribution >= 0.6 is 11.6 Å². The summed E-state index contributed by atoms with van der Waals surface area (Å²) in [6.07, 6.45) is 0. The van der Waals surface area contributed by atoms with Gasteiger partial charge in [0.2, 0.25) is 0 Å². The minimum Gasteiger partial charge on any atom is -0.203 e. The van der Waals surface area contributed by atoms with E-state index in [1.165, 1.54) is 12.1 Å². The van der Waals surface area contributed by atoms with Gasteiger partial charge in [-0.2, -0.15) is 0 Å². The van der Waals surface area contributed by atoms with Crippen LogP contribution < -0.4 is 0 Å². The molecule has 0 fully saturated rings. The lowest BCUT2D eigenvalue weighted by atomic mass is 10.1. The van der Waals surface area contributed by atoms with E-state index in [2.05, 4.69) is 11.8 Å². The molecule has 0 aliphatic heterocycles. The van der Waals surface area contributed by atoms with Gasteiger partial charge in [0.15, 0.2) is 11.7 Å². The molecule has 134 valence electrons. The summed E-state index contributed by atoms with van der Waals surface area (Å²) < 4.78 is 28.9. The zero-order valence-electron chi connectivity index (χ0n) is 15.0. The second-order valence-corrected chi connectivity index (χ2v) is 6.71. The summed E-state index contributed by atoms with van der Waals surface area (Å²) in [5.74, 6) is 4.13. The fourth-order valence-electron chi connectivity index (χ4n) is 2.48. The number of hydrogen-bond donors (Lipinski definition) is 0. The van der Waals surface area contributed by atoms with Crippen LogP contribution in [-0.4, -0.2) is 0 Å². The van der Waals surface area contributed by atoms with Crippen molar-refractivity contribution in [3.05, 3.63) is 105 Å².